The maximum absolute atomic E-state index is 5.69. The molecule has 0 unspecified atom stereocenters. The van der Waals surface area contributed by atoms with Gasteiger partial charge in [0.15, 0.2) is 0 Å². The highest BCUT2D eigenvalue weighted by molar-refractivity contribution is 5.39. The summed E-state index contributed by atoms with van der Waals surface area (Å²) in [5, 5.41) is 3.66. The molecule has 2 heteroatoms. The van der Waals surface area contributed by atoms with E-state index in [-0.39, 0.29) is 0 Å². The number of anilines is 1. The Morgan fingerprint density at radius 2 is 1.67 bits per heavy atom. The molecule has 0 spiro atoms. The molecule has 0 heterocycles. The van der Waals surface area contributed by atoms with Gasteiger partial charge < -0.3 is 11.1 Å². The van der Waals surface area contributed by atoms with E-state index >= 15 is 0 Å². The third-order valence-electron chi connectivity index (χ3n) is 4.41. The van der Waals surface area contributed by atoms with E-state index in [4.69, 9.17) is 5.73 Å². The predicted octanol–water partition coefficient (Wildman–Crippen LogP) is 2.84. The predicted molar refractivity (Wildman–Crippen MR) is 76.4 cm³/mol. The lowest BCUT2D eigenvalue weighted by atomic mass is 9.98. The van der Waals surface area contributed by atoms with Crippen LogP contribution >= 0.6 is 0 Å². The van der Waals surface area contributed by atoms with Crippen molar-refractivity contribution in [2.45, 2.75) is 32.1 Å². The van der Waals surface area contributed by atoms with Crippen molar-refractivity contribution in [3.63, 3.8) is 0 Å². The fraction of sp³-hybridized carbons (Fsp3) is 0.625. The van der Waals surface area contributed by atoms with Gasteiger partial charge in [0.05, 0.1) is 0 Å². The highest BCUT2D eigenvalue weighted by atomic mass is 14.9. The molecule has 0 saturated heterocycles. The van der Waals surface area contributed by atoms with Crippen molar-refractivity contribution in [2.24, 2.45) is 17.8 Å². The van der Waals surface area contributed by atoms with Crippen LogP contribution in [0.3, 0.4) is 0 Å². The number of rotatable bonds is 7. The largest absolute Gasteiger partial charge is 0.399 e. The Labute approximate surface area is 110 Å². The van der Waals surface area contributed by atoms with E-state index < -0.39 is 0 Å². The average molecular weight is 244 g/mol. The fourth-order valence-corrected chi connectivity index (χ4v) is 2.95. The highest BCUT2D eigenvalue weighted by Gasteiger charge is 2.40. The molecule has 2 aliphatic rings. The van der Waals surface area contributed by atoms with Crippen LogP contribution in [0.2, 0.25) is 0 Å². The van der Waals surface area contributed by atoms with Gasteiger partial charge in [-0.1, -0.05) is 12.1 Å². The Hall–Kier alpha value is -1.02. The van der Waals surface area contributed by atoms with Gasteiger partial charge in [-0.05, 0) is 80.6 Å². The van der Waals surface area contributed by atoms with Gasteiger partial charge in [0, 0.05) is 5.69 Å². The van der Waals surface area contributed by atoms with E-state index in [1.807, 2.05) is 12.1 Å². The second-order valence-electron chi connectivity index (χ2n) is 6.03. The molecule has 1 aromatic rings. The molecule has 0 atom stereocenters. The Balaban J connectivity index is 1.37. The molecular weight excluding hydrogens is 220 g/mol. The Bertz CT molecular complexity index is 365. The lowest BCUT2D eigenvalue weighted by Gasteiger charge is -2.16. The third-order valence-corrected chi connectivity index (χ3v) is 4.41. The van der Waals surface area contributed by atoms with Crippen LogP contribution in [0.5, 0.6) is 0 Å². The number of nitrogens with two attached hydrogens (primary N) is 1. The van der Waals surface area contributed by atoms with Gasteiger partial charge in [0.25, 0.3) is 0 Å². The molecular formula is C16H24N2. The van der Waals surface area contributed by atoms with E-state index in [0.717, 1.165) is 36.4 Å². The van der Waals surface area contributed by atoms with Crippen molar-refractivity contribution >= 4 is 5.69 Å². The molecule has 18 heavy (non-hydrogen) atoms. The van der Waals surface area contributed by atoms with Gasteiger partial charge >= 0.3 is 0 Å². The molecule has 3 N–H and O–H groups in total. The SMILES string of the molecule is Nc1ccc(CCNCC(C2CC2)C2CC2)cc1. The highest BCUT2D eigenvalue weighted by Crippen LogP contribution is 2.48. The third kappa shape index (κ3) is 3.26. The number of benzene rings is 1. The first kappa shape index (κ1) is 12.0. The molecule has 0 amide bonds. The van der Waals surface area contributed by atoms with Crippen LogP contribution in [0, 0.1) is 17.8 Å². The minimum atomic E-state index is 0.856. The summed E-state index contributed by atoms with van der Waals surface area (Å²) in [6, 6.07) is 8.26. The Morgan fingerprint density at radius 3 is 2.22 bits per heavy atom. The molecule has 98 valence electrons. The van der Waals surface area contributed by atoms with Crippen LogP contribution in [0.1, 0.15) is 31.2 Å². The summed E-state index contributed by atoms with van der Waals surface area (Å²) in [5.74, 6) is 3.10. The average Bonchev–Trinajstić information content (AvgIpc) is 3.25. The van der Waals surface area contributed by atoms with Crippen LogP contribution in [0.25, 0.3) is 0 Å². The van der Waals surface area contributed by atoms with Crippen molar-refractivity contribution in [1.29, 1.82) is 0 Å². The van der Waals surface area contributed by atoms with E-state index in [1.54, 1.807) is 0 Å². The first-order chi connectivity index (χ1) is 8.83. The van der Waals surface area contributed by atoms with Crippen molar-refractivity contribution in [1.82, 2.24) is 5.32 Å². The summed E-state index contributed by atoms with van der Waals surface area (Å²) in [6.45, 7) is 2.34. The zero-order valence-corrected chi connectivity index (χ0v) is 11.1. The summed E-state index contributed by atoms with van der Waals surface area (Å²) in [5.41, 5.74) is 7.92. The zero-order valence-electron chi connectivity index (χ0n) is 11.1. The van der Waals surface area contributed by atoms with Crippen LogP contribution < -0.4 is 11.1 Å². The van der Waals surface area contributed by atoms with Crippen molar-refractivity contribution in [2.75, 3.05) is 18.8 Å². The van der Waals surface area contributed by atoms with Gasteiger partial charge in [-0.2, -0.15) is 0 Å². The van der Waals surface area contributed by atoms with Crippen molar-refractivity contribution < 1.29 is 0 Å². The van der Waals surface area contributed by atoms with Gasteiger partial charge in [0.1, 0.15) is 0 Å². The number of nitrogens with one attached hydrogen (secondary N) is 1. The molecule has 0 aliphatic heterocycles. The van der Waals surface area contributed by atoms with Gasteiger partial charge in [-0.15, -0.1) is 0 Å². The number of nitrogen functional groups attached to an aromatic ring is 1. The summed E-state index contributed by atoms with van der Waals surface area (Å²) in [6.07, 6.45) is 7.06. The van der Waals surface area contributed by atoms with E-state index in [9.17, 15) is 0 Å². The second-order valence-corrected chi connectivity index (χ2v) is 6.03. The van der Waals surface area contributed by atoms with Crippen LogP contribution in [0.15, 0.2) is 24.3 Å². The van der Waals surface area contributed by atoms with Crippen molar-refractivity contribution in [3.05, 3.63) is 29.8 Å². The molecule has 0 aromatic heterocycles. The Kier molecular flexibility index (Phi) is 3.55. The Morgan fingerprint density at radius 1 is 1.06 bits per heavy atom. The van der Waals surface area contributed by atoms with E-state index in [2.05, 4.69) is 17.4 Å². The molecule has 2 aliphatic carbocycles. The smallest absolute Gasteiger partial charge is 0.0314 e. The molecule has 2 nitrogen and oxygen atoms in total. The van der Waals surface area contributed by atoms with Crippen LogP contribution in [-0.2, 0) is 6.42 Å². The fourth-order valence-electron chi connectivity index (χ4n) is 2.95. The number of hydrogen-bond acceptors (Lipinski definition) is 2. The first-order valence-electron chi connectivity index (χ1n) is 7.38. The molecule has 2 fully saturated rings. The molecule has 1 aromatic carbocycles. The molecule has 3 rings (SSSR count). The summed E-state index contributed by atoms with van der Waals surface area (Å²) >= 11 is 0. The van der Waals surface area contributed by atoms with Gasteiger partial charge in [-0.3, -0.25) is 0 Å². The quantitative estimate of drug-likeness (QED) is 0.572. The molecule has 2 saturated carbocycles. The maximum atomic E-state index is 5.69. The van der Waals surface area contributed by atoms with E-state index in [1.165, 1.54) is 37.8 Å². The first-order valence-corrected chi connectivity index (χ1v) is 7.38. The van der Waals surface area contributed by atoms with Crippen LogP contribution in [-0.4, -0.2) is 13.1 Å². The normalized spacial score (nSPS) is 19.4. The van der Waals surface area contributed by atoms with Crippen molar-refractivity contribution in [3.8, 4) is 0 Å². The van der Waals surface area contributed by atoms with Crippen LogP contribution in [0.4, 0.5) is 5.69 Å². The topological polar surface area (TPSA) is 38.0 Å². The lowest BCUT2D eigenvalue weighted by Crippen LogP contribution is -2.27. The summed E-state index contributed by atoms with van der Waals surface area (Å²) in [4.78, 5) is 0. The number of hydrogen-bond donors (Lipinski definition) is 2. The minimum Gasteiger partial charge on any atom is -0.399 e. The second kappa shape index (κ2) is 5.31. The maximum Gasteiger partial charge on any atom is 0.0314 e. The summed E-state index contributed by atoms with van der Waals surface area (Å²) in [7, 11) is 0. The monoisotopic (exact) mass is 244 g/mol. The minimum absolute atomic E-state index is 0.856. The molecule has 0 radical (unpaired) electrons. The van der Waals surface area contributed by atoms with E-state index in [0.29, 0.717) is 0 Å². The summed E-state index contributed by atoms with van der Waals surface area (Å²) < 4.78 is 0. The zero-order chi connectivity index (χ0) is 12.4. The van der Waals surface area contributed by atoms with Gasteiger partial charge in [-0.25, -0.2) is 0 Å². The lowest BCUT2D eigenvalue weighted by molar-refractivity contribution is 0.380. The van der Waals surface area contributed by atoms with Gasteiger partial charge in [0.2, 0.25) is 0 Å². The standard InChI is InChI=1S/C16H24N2/c17-15-7-1-12(2-8-15)9-10-18-11-16(13-3-4-13)14-5-6-14/h1-2,7-8,13-14,16,18H,3-6,9-11,17H2. The molecule has 0 bridgehead atoms.